The van der Waals surface area contributed by atoms with Gasteiger partial charge < -0.3 is 16.0 Å². The lowest BCUT2D eigenvalue weighted by molar-refractivity contribution is 0.0610. The third kappa shape index (κ3) is 8.19. The van der Waals surface area contributed by atoms with Gasteiger partial charge in [-0.25, -0.2) is 19.8 Å². The van der Waals surface area contributed by atoms with Crippen molar-refractivity contribution in [1.82, 2.24) is 29.8 Å². The molecule has 0 spiro atoms. The molecule has 42 heavy (non-hydrogen) atoms. The molecule has 0 radical (unpaired) electrons. The molecule has 1 aromatic heterocycles. The van der Waals surface area contributed by atoms with Crippen LogP contribution in [0.4, 0.5) is 11.6 Å². The molecular weight excluding hydrogens is 603 g/mol. The second-order valence-electron chi connectivity index (χ2n) is 10.4. The Bertz CT molecular complexity index is 1430. The molecule has 13 nitrogen and oxygen atoms in total. The Morgan fingerprint density at radius 3 is 2.57 bits per heavy atom. The van der Waals surface area contributed by atoms with Crippen LogP contribution in [0.5, 0.6) is 0 Å². The van der Waals surface area contributed by atoms with Crippen LogP contribution in [0, 0.1) is 11.3 Å². The first-order valence-electron chi connectivity index (χ1n) is 13.8. The summed E-state index contributed by atoms with van der Waals surface area (Å²) in [5.41, 5.74) is 7.58. The van der Waals surface area contributed by atoms with Crippen molar-refractivity contribution < 1.29 is 13.2 Å². The number of nitrogen functional groups attached to an aromatic ring is 1. The number of piperazine rings is 1. The second kappa shape index (κ2) is 14.1. The van der Waals surface area contributed by atoms with Crippen LogP contribution in [-0.4, -0.2) is 92.0 Å². The molecule has 2 fully saturated rings. The van der Waals surface area contributed by atoms with Crippen LogP contribution in [0.1, 0.15) is 47.8 Å². The van der Waals surface area contributed by atoms with E-state index in [1.165, 1.54) is 0 Å². The summed E-state index contributed by atoms with van der Waals surface area (Å²) in [6.45, 7) is 6.91. The first kappa shape index (κ1) is 32.2. The minimum absolute atomic E-state index is 0.0170. The highest BCUT2D eigenvalue weighted by Crippen LogP contribution is 2.30. The molecule has 0 unspecified atom stereocenters. The lowest BCUT2D eigenvalue weighted by Crippen LogP contribution is -2.58. The summed E-state index contributed by atoms with van der Waals surface area (Å²) >= 11 is 12.5. The van der Waals surface area contributed by atoms with Crippen molar-refractivity contribution in [2.75, 3.05) is 56.4 Å². The van der Waals surface area contributed by atoms with Crippen LogP contribution in [0.15, 0.2) is 18.2 Å². The second-order valence-corrected chi connectivity index (χ2v) is 12.6. The number of amides is 1. The zero-order chi connectivity index (χ0) is 30.4. The largest absolute Gasteiger partial charge is 0.382 e. The topological polar surface area (TPSA) is 187 Å². The first-order chi connectivity index (χ1) is 20.0. The lowest BCUT2D eigenvalue weighted by Gasteiger charge is -2.47. The average Bonchev–Trinajstić information content (AvgIpc) is 2.96. The summed E-state index contributed by atoms with van der Waals surface area (Å²) in [6, 6.07) is 8.49. The van der Waals surface area contributed by atoms with E-state index in [9.17, 15) is 18.5 Å². The number of carbonyl (C=O) groups excluding carboxylic acids is 1. The monoisotopic (exact) mass is 638 g/mol. The van der Waals surface area contributed by atoms with Crippen LogP contribution >= 0.6 is 23.2 Å². The van der Waals surface area contributed by atoms with Crippen molar-refractivity contribution in [3.63, 3.8) is 0 Å². The molecule has 2 aromatic rings. The van der Waals surface area contributed by atoms with Gasteiger partial charge in [-0.05, 0) is 50.0 Å². The number of halogens is 2. The van der Waals surface area contributed by atoms with Crippen molar-refractivity contribution in [3.8, 4) is 6.07 Å². The van der Waals surface area contributed by atoms with Crippen LogP contribution < -0.4 is 25.8 Å². The van der Waals surface area contributed by atoms with Gasteiger partial charge in [0.2, 0.25) is 0 Å². The predicted octanol–water partition coefficient (Wildman–Crippen LogP) is 1.33. The van der Waals surface area contributed by atoms with E-state index in [2.05, 4.69) is 47.7 Å². The molecule has 16 heteroatoms. The summed E-state index contributed by atoms with van der Waals surface area (Å²) in [5, 5.41) is 17.5. The van der Waals surface area contributed by atoms with Gasteiger partial charge in [-0.3, -0.25) is 14.6 Å². The molecule has 2 aliphatic rings. The quantitative estimate of drug-likeness (QED) is 0.276. The van der Waals surface area contributed by atoms with Crippen molar-refractivity contribution in [1.29, 1.82) is 5.26 Å². The van der Waals surface area contributed by atoms with Crippen molar-refractivity contribution in [2.24, 2.45) is 5.14 Å². The van der Waals surface area contributed by atoms with Crippen molar-refractivity contribution in [2.45, 2.75) is 44.8 Å². The number of nitrogens with two attached hydrogens (primary N) is 2. The zero-order valence-corrected chi connectivity index (χ0v) is 25.7. The molecule has 1 atom stereocenters. The number of hydrogen-bond acceptors (Lipinski definition) is 10. The summed E-state index contributed by atoms with van der Waals surface area (Å²) < 4.78 is 24.0. The zero-order valence-electron chi connectivity index (χ0n) is 23.4. The van der Waals surface area contributed by atoms with Gasteiger partial charge in [0.15, 0.2) is 22.5 Å². The Morgan fingerprint density at radius 2 is 1.90 bits per heavy atom. The third-order valence-corrected chi connectivity index (χ3v) is 8.80. The Labute approximate surface area is 256 Å². The number of piperidine rings is 1. The molecule has 3 heterocycles. The Balaban J connectivity index is 1.33. The molecule has 0 aliphatic carbocycles. The average molecular weight is 640 g/mol. The van der Waals surface area contributed by atoms with Gasteiger partial charge in [0.05, 0.1) is 11.6 Å². The van der Waals surface area contributed by atoms with Gasteiger partial charge in [-0.1, -0.05) is 36.2 Å². The minimum atomic E-state index is -3.86. The number of hydrogen-bond donors (Lipinski definition) is 4. The number of nitriles is 1. The lowest BCUT2D eigenvalue weighted by atomic mass is 9.97. The molecule has 4 rings (SSSR count). The van der Waals surface area contributed by atoms with E-state index in [1.54, 1.807) is 6.07 Å². The van der Waals surface area contributed by atoms with Gasteiger partial charge in [-0.15, -0.1) is 0 Å². The fraction of sp³-hybridized carbons (Fsp3) is 0.538. The molecule has 0 bridgehead atoms. The molecule has 6 N–H and O–H groups in total. The summed E-state index contributed by atoms with van der Waals surface area (Å²) in [4.78, 5) is 28.2. The molecule has 2 saturated heterocycles. The number of nitrogens with one attached hydrogen (secondary N) is 2. The van der Waals surface area contributed by atoms with Crippen LogP contribution in [0.25, 0.3) is 0 Å². The van der Waals surface area contributed by atoms with Gasteiger partial charge >= 0.3 is 0 Å². The van der Waals surface area contributed by atoms with Gasteiger partial charge in [-0.2, -0.15) is 13.7 Å². The Morgan fingerprint density at radius 1 is 1.17 bits per heavy atom. The van der Waals surface area contributed by atoms with E-state index in [-0.39, 0.29) is 35.8 Å². The maximum atomic E-state index is 12.5. The number of aromatic nitrogens is 2. The fourth-order valence-electron chi connectivity index (χ4n) is 5.59. The first-order valence-corrected chi connectivity index (χ1v) is 16.1. The predicted molar refractivity (Wildman–Crippen MR) is 162 cm³/mol. The van der Waals surface area contributed by atoms with Gasteiger partial charge in [0.25, 0.3) is 16.1 Å². The van der Waals surface area contributed by atoms with Crippen LogP contribution in [0.3, 0.4) is 0 Å². The Kier molecular flexibility index (Phi) is 10.8. The van der Waals surface area contributed by atoms with Crippen molar-refractivity contribution in [3.05, 3.63) is 45.2 Å². The summed E-state index contributed by atoms with van der Waals surface area (Å²) in [6.07, 6.45) is 3.02. The van der Waals surface area contributed by atoms with Gasteiger partial charge in [0, 0.05) is 56.4 Å². The van der Waals surface area contributed by atoms with Crippen LogP contribution in [-0.2, 0) is 16.8 Å². The maximum absolute atomic E-state index is 12.5. The van der Waals surface area contributed by atoms with E-state index in [0.717, 1.165) is 51.0 Å². The highest BCUT2D eigenvalue weighted by Gasteiger charge is 2.34. The third-order valence-electron chi connectivity index (χ3n) is 7.70. The molecular formula is C26H36Cl2N10O3S. The smallest absolute Gasteiger partial charge is 0.274 e. The molecule has 228 valence electrons. The van der Waals surface area contributed by atoms with Gasteiger partial charge in [0.1, 0.15) is 0 Å². The maximum Gasteiger partial charge on any atom is 0.274 e. The fourth-order valence-corrected chi connectivity index (χ4v) is 6.39. The number of anilines is 2. The number of benzene rings is 1. The molecule has 0 saturated carbocycles. The number of carbonyl (C=O) groups is 1. The Hall–Kier alpha value is -2.77. The molecule has 1 amide bonds. The van der Waals surface area contributed by atoms with Crippen molar-refractivity contribution >= 4 is 51.0 Å². The normalized spacial score (nSPS) is 19.0. The number of likely N-dealkylation sites (tertiary alicyclic amines) is 1. The van der Waals surface area contributed by atoms with E-state index < -0.39 is 16.1 Å². The van der Waals surface area contributed by atoms with E-state index in [4.69, 9.17) is 34.1 Å². The number of nitrogens with zero attached hydrogens (tertiary/aromatic N) is 6. The highest BCUT2D eigenvalue weighted by molar-refractivity contribution is 7.87. The minimum Gasteiger partial charge on any atom is -0.382 e. The van der Waals surface area contributed by atoms with E-state index >= 15 is 0 Å². The SMILES string of the molecule is CC[C@H]1CN(c2nc(N)c(C(=O)NCCNS(N)(=O)=O)nc2Cl)CCN1C1CCN(Cc2ccc(Cl)cc2C#N)CC1. The standard InChI is InChI=1S/C26H36Cl2N10O3S/c1-2-20-16-37(25-23(28)34-22(24(30)35-25)26(39)32-7-8-33-42(31,40)41)11-12-38(20)21-5-9-36(10-6-21)15-17-3-4-19(27)13-18(17)14-29/h3-4,13,20-21,33H,2,5-12,15-16H2,1H3,(H2,30,35)(H,32,39)(H2,31,40,41)/t20-/m0/s1. The molecule has 1 aromatic carbocycles. The summed E-state index contributed by atoms with van der Waals surface area (Å²) in [5.74, 6) is -0.243. The highest BCUT2D eigenvalue weighted by atomic mass is 35.5. The van der Waals surface area contributed by atoms with E-state index in [0.29, 0.717) is 35.5 Å². The van der Waals surface area contributed by atoms with Crippen LogP contribution in [0.2, 0.25) is 10.2 Å². The van der Waals surface area contributed by atoms with E-state index in [1.807, 2.05) is 12.1 Å². The molecule has 2 aliphatic heterocycles. The number of rotatable bonds is 10. The summed E-state index contributed by atoms with van der Waals surface area (Å²) in [7, 11) is -3.86.